The Labute approximate surface area is 120 Å². The zero-order chi connectivity index (χ0) is 14.5. The molecule has 0 fully saturated rings. The Bertz CT molecular complexity index is 575. The maximum Gasteiger partial charge on any atom is 0.267 e. The molecular weight excluding hydrogens is 285 g/mol. The maximum absolute atomic E-state index is 13.4. The minimum atomic E-state index is -0.356. The molecular formula is C13H13ClFN3O2. The molecule has 2 N–H and O–H groups in total. The lowest BCUT2D eigenvalue weighted by Gasteiger charge is -2.12. The van der Waals surface area contributed by atoms with E-state index in [1.807, 2.05) is 0 Å². The van der Waals surface area contributed by atoms with Crippen molar-refractivity contribution in [3.8, 4) is 0 Å². The Balaban J connectivity index is 1.85. The standard InChI is InChI=1S/C13H13ClFN3O2/c14-9-1-2-10(15)8(7-9)5-6-16-13(20)11-3-4-12(19)18-17-11/h1-2,7H,3-6H2,(H,16,20)(H,18,19). The van der Waals surface area contributed by atoms with Crippen LogP contribution in [-0.2, 0) is 16.0 Å². The highest BCUT2D eigenvalue weighted by atomic mass is 35.5. The van der Waals surface area contributed by atoms with E-state index in [-0.39, 0.29) is 36.3 Å². The number of carbonyl (C=O) groups excluding carboxylic acids is 2. The first-order chi connectivity index (χ1) is 9.56. The van der Waals surface area contributed by atoms with Gasteiger partial charge in [-0.25, -0.2) is 9.82 Å². The van der Waals surface area contributed by atoms with Crippen LogP contribution in [-0.4, -0.2) is 24.1 Å². The zero-order valence-corrected chi connectivity index (χ0v) is 11.3. The number of halogens is 2. The summed E-state index contributed by atoms with van der Waals surface area (Å²) in [5, 5.41) is 6.76. The number of rotatable bonds is 4. The highest BCUT2D eigenvalue weighted by Crippen LogP contribution is 2.15. The second kappa shape index (κ2) is 6.47. The number of benzene rings is 1. The molecule has 20 heavy (non-hydrogen) atoms. The highest BCUT2D eigenvalue weighted by molar-refractivity contribution is 6.39. The molecule has 106 valence electrons. The molecule has 1 aliphatic rings. The summed E-state index contributed by atoms with van der Waals surface area (Å²) in [7, 11) is 0. The number of carbonyl (C=O) groups is 2. The topological polar surface area (TPSA) is 70.6 Å². The van der Waals surface area contributed by atoms with Gasteiger partial charge in [-0.3, -0.25) is 9.59 Å². The normalized spacial score (nSPS) is 14.5. The lowest BCUT2D eigenvalue weighted by Crippen LogP contribution is -2.37. The van der Waals surface area contributed by atoms with E-state index in [2.05, 4.69) is 15.8 Å². The van der Waals surface area contributed by atoms with Crippen LogP contribution in [0.25, 0.3) is 0 Å². The number of hydrogen-bond donors (Lipinski definition) is 2. The average molecular weight is 298 g/mol. The fourth-order valence-electron chi connectivity index (χ4n) is 1.79. The third-order valence-electron chi connectivity index (χ3n) is 2.85. The first-order valence-electron chi connectivity index (χ1n) is 6.14. The van der Waals surface area contributed by atoms with Gasteiger partial charge in [0.25, 0.3) is 5.91 Å². The van der Waals surface area contributed by atoms with Gasteiger partial charge in [-0.05, 0) is 30.2 Å². The molecule has 0 radical (unpaired) electrons. The Morgan fingerprint density at radius 1 is 1.45 bits per heavy atom. The van der Waals surface area contributed by atoms with Gasteiger partial charge in [0.05, 0.1) is 0 Å². The smallest absolute Gasteiger partial charge is 0.267 e. The van der Waals surface area contributed by atoms with E-state index in [0.29, 0.717) is 23.4 Å². The molecule has 0 aromatic heterocycles. The summed E-state index contributed by atoms with van der Waals surface area (Å²) >= 11 is 5.78. The minimum Gasteiger partial charge on any atom is -0.351 e. The third kappa shape index (κ3) is 3.77. The van der Waals surface area contributed by atoms with Gasteiger partial charge in [-0.15, -0.1) is 0 Å². The number of nitrogens with zero attached hydrogens (tertiary/aromatic N) is 1. The monoisotopic (exact) mass is 297 g/mol. The highest BCUT2D eigenvalue weighted by Gasteiger charge is 2.17. The number of nitrogens with one attached hydrogen (secondary N) is 2. The first kappa shape index (κ1) is 14.5. The Kier molecular flexibility index (Phi) is 4.68. The summed E-state index contributed by atoms with van der Waals surface area (Å²) in [6.07, 6.45) is 0.885. The third-order valence-corrected chi connectivity index (χ3v) is 3.09. The van der Waals surface area contributed by atoms with Crippen molar-refractivity contribution in [3.05, 3.63) is 34.6 Å². The van der Waals surface area contributed by atoms with Crippen LogP contribution >= 0.6 is 11.6 Å². The van der Waals surface area contributed by atoms with E-state index in [4.69, 9.17) is 11.6 Å². The molecule has 0 bridgehead atoms. The van der Waals surface area contributed by atoms with Gasteiger partial charge in [0.15, 0.2) is 0 Å². The van der Waals surface area contributed by atoms with Crippen LogP contribution < -0.4 is 10.7 Å². The van der Waals surface area contributed by atoms with Crippen molar-refractivity contribution < 1.29 is 14.0 Å². The van der Waals surface area contributed by atoms with Crippen molar-refractivity contribution >= 4 is 29.1 Å². The zero-order valence-electron chi connectivity index (χ0n) is 10.6. The molecule has 7 heteroatoms. The van der Waals surface area contributed by atoms with Crippen LogP contribution in [0.15, 0.2) is 23.3 Å². The summed E-state index contributed by atoms with van der Waals surface area (Å²) in [5.41, 5.74) is 2.96. The molecule has 2 amide bonds. The molecule has 0 unspecified atom stereocenters. The van der Waals surface area contributed by atoms with Crippen LogP contribution in [0.2, 0.25) is 5.02 Å². The van der Waals surface area contributed by atoms with Crippen molar-refractivity contribution in [2.75, 3.05) is 6.54 Å². The predicted octanol–water partition coefficient (Wildman–Crippen LogP) is 1.40. The predicted molar refractivity (Wildman–Crippen MR) is 72.9 cm³/mol. The van der Waals surface area contributed by atoms with E-state index in [1.165, 1.54) is 18.2 Å². The molecule has 2 rings (SSSR count). The largest absolute Gasteiger partial charge is 0.351 e. The minimum absolute atomic E-state index is 0.206. The van der Waals surface area contributed by atoms with Gasteiger partial charge in [-0.2, -0.15) is 5.10 Å². The van der Waals surface area contributed by atoms with Crippen LogP contribution in [0.5, 0.6) is 0 Å². The van der Waals surface area contributed by atoms with E-state index in [0.717, 1.165) is 0 Å². The quantitative estimate of drug-likeness (QED) is 0.882. The van der Waals surface area contributed by atoms with Gasteiger partial charge >= 0.3 is 0 Å². The van der Waals surface area contributed by atoms with E-state index in [1.54, 1.807) is 0 Å². The second-order valence-electron chi connectivity index (χ2n) is 4.34. The Morgan fingerprint density at radius 2 is 2.25 bits per heavy atom. The van der Waals surface area contributed by atoms with Gasteiger partial charge in [0.1, 0.15) is 11.5 Å². The summed E-state index contributed by atoms with van der Waals surface area (Å²) in [6.45, 7) is 0.267. The first-order valence-corrected chi connectivity index (χ1v) is 6.51. The lowest BCUT2D eigenvalue weighted by atomic mass is 10.1. The maximum atomic E-state index is 13.4. The van der Waals surface area contributed by atoms with Crippen LogP contribution in [0, 0.1) is 5.82 Å². The van der Waals surface area contributed by atoms with Crippen LogP contribution in [0.4, 0.5) is 4.39 Å². The number of hydrazone groups is 1. The Hall–Kier alpha value is -1.95. The molecule has 0 aliphatic carbocycles. The van der Waals surface area contributed by atoms with Gasteiger partial charge in [0, 0.05) is 24.4 Å². The van der Waals surface area contributed by atoms with Crippen molar-refractivity contribution in [2.45, 2.75) is 19.3 Å². The van der Waals surface area contributed by atoms with Crippen LogP contribution in [0.1, 0.15) is 18.4 Å². The van der Waals surface area contributed by atoms with E-state index >= 15 is 0 Å². The molecule has 5 nitrogen and oxygen atoms in total. The van der Waals surface area contributed by atoms with Gasteiger partial charge < -0.3 is 5.32 Å². The van der Waals surface area contributed by atoms with E-state index in [9.17, 15) is 14.0 Å². The van der Waals surface area contributed by atoms with Crippen LogP contribution in [0.3, 0.4) is 0 Å². The molecule has 1 aliphatic heterocycles. The average Bonchev–Trinajstić information content (AvgIpc) is 2.43. The number of amides is 2. The molecule has 0 saturated carbocycles. The molecule has 0 spiro atoms. The summed E-state index contributed by atoms with van der Waals surface area (Å²) in [4.78, 5) is 22.6. The SMILES string of the molecule is O=C1CCC(C(=O)NCCc2cc(Cl)ccc2F)=NN1. The van der Waals surface area contributed by atoms with Crippen molar-refractivity contribution in [2.24, 2.45) is 5.10 Å². The van der Waals surface area contributed by atoms with Gasteiger partial charge in [0.2, 0.25) is 5.91 Å². The summed E-state index contributed by atoms with van der Waals surface area (Å²) in [6, 6.07) is 4.29. The fraction of sp³-hybridized carbons (Fsp3) is 0.308. The summed E-state index contributed by atoms with van der Waals surface area (Å²) in [5.74, 6) is -0.916. The lowest BCUT2D eigenvalue weighted by molar-refractivity contribution is -0.121. The van der Waals surface area contributed by atoms with Crippen molar-refractivity contribution in [1.82, 2.24) is 10.7 Å². The van der Waals surface area contributed by atoms with Crippen molar-refractivity contribution in [3.63, 3.8) is 0 Å². The van der Waals surface area contributed by atoms with E-state index < -0.39 is 0 Å². The Morgan fingerprint density at radius 3 is 2.95 bits per heavy atom. The molecule has 0 atom stereocenters. The molecule has 1 aromatic rings. The number of hydrogen-bond acceptors (Lipinski definition) is 3. The van der Waals surface area contributed by atoms with Gasteiger partial charge in [-0.1, -0.05) is 11.6 Å². The summed E-state index contributed by atoms with van der Waals surface area (Å²) < 4.78 is 13.4. The van der Waals surface area contributed by atoms with Crippen molar-refractivity contribution in [1.29, 1.82) is 0 Å². The fourth-order valence-corrected chi connectivity index (χ4v) is 1.98. The molecule has 0 saturated heterocycles. The molecule has 1 aromatic carbocycles. The second-order valence-corrected chi connectivity index (χ2v) is 4.77. The molecule has 1 heterocycles.